The van der Waals surface area contributed by atoms with Crippen LogP contribution in [0, 0.1) is 13.8 Å². The molecule has 3 heteroatoms. The number of allylic oxidation sites excluding steroid dienone is 1. The van der Waals surface area contributed by atoms with Gasteiger partial charge in [-0.2, -0.15) is 5.10 Å². The van der Waals surface area contributed by atoms with E-state index in [-0.39, 0.29) is 0 Å². The number of aromatic nitrogens is 2. The second-order valence-electron chi connectivity index (χ2n) is 3.63. The molecule has 0 fully saturated rings. The molecule has 0 atom stereocenters. The Morgan fingerprint density at radius 3 is 2.57 bits per heavy atom. The molecule has 0 saturated carbocycles. The largest absolute Gasteiger partial charge is 0.330 e. The van der Waals surface area contributed by atoms with Crippen LogP contribution in [0.2, 0.25) is 0 Å². The smallest absolute Gasteiger partial charge is 0.0671 e. The molecular formula is C11H19N3. The minimum atomic E-state index is 0.704. The van der Waals surface area contributed by atoms with Crippen molar-refractivity contribution < 1.29 is 0 Å². The molecule has 1 aromatic heterocycles. The highest BCUT2D eigenvalue weighted by Crippen LogP contribution is 2.21. The lowest BCUT2D eigenvalue weighted by molar-refractivity contribution is 0.731. The Morgan fingerprint density at radius 2 is 2.14 bits per heavy atom. The molecule has 0 aromatic carbocycles. The van der Waals surface area contributed by atoms with Crippen molar-refractivity contribution in [3.8, 4) is 0 Å². The minimum absolute atomic E-state index is 0.704. The fraction of sp³-hybridized carbons (Fsp3) is 0.545. The van der Waals surface area contributed by atoms with E-state index in [2.05, 4.69) is 25.0 Å². The first-order valence-corrected chi connectivity index (χ1v) is 4.95. The Balaban J connectivity index is 3.06. The van der Waals surface area contributed by atoms with E-state index >= 15 is 0 Å². The standard InChI is InChI=1S/C11H19N3/c1-8(6-5-7-12)11-9(2)13-14(4)10(11)3/h6H,5,7,12H2,1-4H3. The molecule has 78 valence electrons. The van der Waals surface area contributed by atoms with E-state index in [0.717, 1.165) is 12.1 Å². The van der Waals surface area contributed by atoms with Crippen LogP contribution in [0.25, 0.3) is 5.57 Å². The van der Waals surface area contributed by atoms with Crippen LogP contribution in [0.3, 0.4) is 0 Å². The zero-order valence-corrected chi connectivity index (χ0v) is 9.46. The number of nitrogens with two attached hydrogens (primary N) is 1. The van der Waals surface area contributed by atoms with Crippen molar-refractivity contribution in [2.45, 2.75) is 27.2 Å². The van der Waals surface area contributed by atoms with Gasteiger partial charge >= 0.3 is 0 Å². The van der Waals surface area contributed by atoms with Gasteiger partial charge in [0.2, 0.25) is 0 Å². The summed E-state index contributed by atoms with van der Waals surface area (Å²) < 4.78 is 1.92. The van der Waals surface area contributed by atoms with Gasteiger partial charge in [0, 0.05) is 18.3 Å². The molecule has 14 heavy (non-hydrogen) atoms. The van der Waals surface area contributed by atoms with Crippen LogP contribution in [0.1, 0.15) is 30.3 Å². The molecule has 3 nitrogen and oxygen atoms in total. The summed E-state index contributed by atoms with van der Waals surface area (Å²) in [4.78, 5) is 0. The van der Waals surface area contributed by atoms with Crippen molar-refractivity contribution in [2.75, 3.05) is 6.54 Å². The zero-order valence-electron chi connectivity index (χ0n) is 9.46. The van der Waals surface area contributed by atoms with E-state index in [9.17, 15) is 0 Å². The average Bonchev–Trinajstić information content (AvgIpc) is 2.38. The molecule has 1 heterocycles. The molecule has 0 unspecified atom stereocenters. The van der Waals surface area contributed by atoms with E-state index in [1.807, 2.05) is 18.7 Å². The van der Waals surface area contributed by atoms with Crippen LogP contribution >= 0.6 is 0 Å². The topological polar surface area (TPSA) is 43.8 Å². The predicted octanol–water partition coefficient (Wildman–Crippen LogP) is 1.79. The maximum absolute atomic E-state index is 5.47. The van der Waals surface area contributed by atoms with Crippen LogP contribution in [0.4, 0.5) is 0 Å². The molecule has 0 spiro atoms. The van der Waals surface area contributed by atoms with E-state index < -0.39 is 0 Å². The minimum Gasteiger partial charge on any atom is -0.330 e. The average molecular weight is 193 g/mol. The fourth-order valence-electron chi connectivity index (χ4n) is 1.75. The number of hydrogen-bond donors (Lipinski definition) is 1. The summed E-state index contributed by atoms with van der Waals surface area (Å²) in [5.74, 6) is 0. The van der Waals surface area contributed by atoms with E-state index in [1.54, 1.807) is 0 Å². The van der Waals surface area contributed by atoms with Gasteiger partial charge < -0.3 is 5.73 Å². The molecular weight excluding hydrogens is 174 g/mol. The van der Waals surface area contributed by atoms with Crippen LogP contribution in [0.5, 0.6) is 0 Å². The van der Waals surface area contributed by atoms with Gasteiger partial charge in [-0.1, -0.05) is 6.08 Å². The summed E-state index contributed by atoms with van der Waals surface area (Å²) in [5, 5.41) is 4.38. The second-order valence-corrected chi connectivity index (χ2v) is 3.63. The van der Waals surface area contributed by atoms with Crippen molar-refractivity contribution in [1.29, 1.82) is 0 Å². The summed E-state index contributed by atoms with van der Waals surface area (Å²) >= 11 is 0. The summed E-state index contributed by atoms with van der Waals surface area (Å²) in [5.41, 5.74) is 10.3. The third-order valence-corrected chi connectivity index (χ3v) is 2.52. The van der Waals surface area contributed by atoms with Crippen LogP contribution in [0.15, 0.2) is 6.08 Å². The van der Waals surface area contributed by atoms with Crippen molar-refractivity contribution >= 4 is 5.57 Å². The van der Waals surface area contributed by atoms with Gasteiger partial charge in [-0.05, 0) is 39.3 Å². The molecule has 0 amide bonds. The molecule has 0 aliphatic rings. The Bertz CT molecular complexity index is 348. The molecule has 0 bridgehead atoms. The Kier molecular flexibility index (Phi) is 3.47. The Morgan fingerprint density at radius 1 is 1.50 bits per heavy atom. The third kappa shape index (κ3) is 2.04. The maximum atomic E-state index is 5.47. The van der Waals surface area contributed by atoms with E-state index in [0.29, 0.717) is 6.54 Å². The van der Waals surface area contributed by atoms with Gasteiger partial charge in [0.15, 0.2) is 0 Å². The fourth-order valence-corrected chi connectivity index (χ4v) is 1.75. The maximum Gasteiger partial charge on any atom is 0.0671 e. The summed E-state index contributed by atoms with van der Waals surface area (Å²) in [6.07, 6.45) is 3.11. The van der Waals surface area contributed by atoms with Crippen molar-refractivity contribution in [3.63, 3.8) is 0 Å². The van der Waals surface area contributed by atoms with Crippen molar-refractivity contribution in [3.05, 3.63) is 23.0 Å². The number of hydrogen-bond acceptors (Lipinski definition) is 2. The third-order valence-electron chi connectivity index (χ3n) is 2.52. The van der Waals surface area contributed by atoms with Crippen LogP contribution in [-0.4, -0.2) is 16.3 Å². The normalized spacial score (nSPS) is 12.2. The van der Waals surface area contributed by atoms with Crippen LogP contribution in [-0.2, 0) is 7.05 Å². The monoisotopic (exact) mass is 193 g/mol. The number of aryl methyl sites for hydroxylation is 2. The van der Waals surface area contributed by atoms with Gasteiger partial charge in [-0.3, -0.25) is 4.68 Å². The predicted molar refractivity (Wildman–Crippen MR) is 60.0 cm³/mol. The SMILES string of the molecule is CC(=CCCN)c1c(C)nn(C)c1C. The highest BCUT2D eigenvalue weighted by molar-refractivity contribution is 5.67. The molecule has 1 rings (SSSR count). The second kappa shape index (κ2) is 4.42. The van der Waals surface area contributed by atoms with Gasteiger partial charge in [0.05, 0.1) is 5.69 Å². The summed E-state index contributed by atoms with van der Waals surface area (Å²) in [6, 6.07) is 0. The quantitative estimate of drug-likeness (QED) is 0.795. The first kappa shape index (κ1) is 11.0. The number of rotatable bonds is 3. The van der Waals surface area contributed by atoms with E-state index in [4.69, 9.17) is 5.73 Å². The molecule has 2 N–H and O–H groups in total. The van der Waals surface area contributed by atoms with Gasteiger partial charge in [0.1, 0.15) is 0 Å². The lowest BCUT2D eigenvalue weighted by atomic mass is 10.0. The lowest BCUT2D eigenvalue weighted by Gasteiger charge is -2.01. The first-order chi connectivity index (χ1) is 6.57. The van der Waals surface area contributed by atoms with Gasteiger partial charge in [-0.15, -0.1) is 0 Å². The molecule has 0 saturated heterocycles. The molecule has 0 aliphatic heterocycles. The number of nitrogens with zero attached hydrogens (tertiary/aromatic N) is 2. The molecule has 1 aromatic rings. The Labute approximate surface area is 85.6 Å². The Hall–Kier alpha value is -1.09. The summed E-state index contributed by atoms with van der Waals surface area (Å²) in [7, 11) is 1.97. The highest BCUT2D eigenvalue weighted by Gasteiger charge is 2.09. The van der Waals surface area contributed by atoms with Crippen molar-refractivity contribution in [2.24, 2.45) is 12.8 Å². The van der Waals surface area contributed by atoms with E-state index in [1.165, 1.54) is 16.8 Å². The highest BCUT2D eigenvalue weighted by atomic mass is 15.3. The first-order valence-electron chi connectivity index (χ1n) is 4.95. The summed E-state index contributed by atoms with van der Waals surface area (Å²) in [6.45, 7) is 6.96. The molecule has 0 radical (unpaired) electrons. The zero-order chi connectivity index (χ0) is 10.7. The van der Waals surface area contributed by atoms with Crippen molar-refractivity contribution in [1.82, 2.24) is 9.78 Å². The van der Waals surface area contributed by atoms with Crippen LogP contribution < -0.4 is 5.73 Å². The lowest BCUT2D eigenvalue weighted by Crippen LogP contribution is -1.96. The van der Waals surface area contributed by atoms with Gasteiger partial charge in [-0.25, -0.2) is 0 Å². The van der Waals surface area contributed by atoms with Gasteiger partial charge in [0.25, 0.3) is 0 Å². The molecule has 0 aliphatic carbocycles.